The summed E-state index contributed by atoms with van der Waals surface area (Å²) in [6.07, 6.45) is 5.97. The van der Waals surface area contributed by atoms with Gasteiger partial charge in [-0.1, -0.05) is 5.10 Å². The number of ether oxygens (including phenoxy) is 1. The molecule has 1 atom stereocenters. The SMILES string of the molecule is CCN(Cc1occc1C)c1nnnn1C1CCOC2(CCSCC2)C1. The van der Waals surface area contributed by atoms with Crippen LogP contribution in [0.3, 0.4) is 0 Å². The van der Waals surface area contributed by atoms with Gasteiger partial charge in [-0.2, -0.15) is 11.8 Å². The lowest BCUT2D eigenvalue weighted by Gasteiger charge is -2.43. The van der Waals surface area contributed by atoms with Gasteiger partial charge in [0.25, 0.3) is 0 Å². The van der Waals surface area contributed by atoms with Gasteiger partial charge in [-0.3, -0.25) is 0 Å². The quantitative estimate of drug-likeness (QED) is 0.792. The molecule has 2 saturated heterocycles. The highest BCUT2D eigenvalue weighted by Crippen LogP contribution is 2.42. The minimum absolute atomic E-state index is 0.0199. The molecule has 1 spiro atoms. The molecule has 1 unspecified atom stereocenters. The topological polar surface area (TPSA) is 69.2 Å². The minimum Gasteiger partial charge on any atom is -0.467 e. The van der Waals surface area contributed by atoms with E-state index in [9.17, 15) is 0 Å². The van der Waals surface area contributed by atoms with Gasteiger partial charge < -0.3 is 14.1 Å². The van der Waals surface area contributed by atoms with E-state index in [2.05, 4.69) is 34.3 Å². The van der Waals surface area contributed by atoms with Crippen molar-refractivity contribution >= 4 is 17.7 Å². The maximum absolute atomic E-state index is 6.24. The Morgan fingerprint density at radius 2 is 2.23 bits per heavy atom. The Morgan fingerprint density at radius 3 is 2.96 bits per heavy atom. The average Bonchev–Trinajstić information content (AvgIpc) is 3.29. The number of nitrogens with zero attached hydrogens (tertiary/aromatic N) is 5. The van der Waals surface area contributed by atoms with Crippen LogP contribution in [0.15, 0.2) is 16.7 Å². The van der Waals surface area contributed by atoms with E-state index in [1.807, 2.05) is 22.5 Å². The van der Waals surface area contributed by atoms with Crippen LogP contribution in [0.2, 0.25) is 0 Å². The summed E-state index contributed by atoms with van der Waals surface area (Å²) in [7, 11) is 0. The van der Waals surface area contributed by atoms with Crippen LogP contribution in [0.5, 0.6) is 0 Å². The van der Waals surface area contributed by atoms with E-state index in [-0.39, 0.29) is 5.60 Å². The second-order valence-corrected chi connectivity index (χ2v) is 8.48. The van der Waals surface area contributed by atoms with Crippen LogP contribution in [0.25, 0.3) is 0 Å². The first-order valence-corrected chi connectivity index (χ1v) is 10.6. The van der Waals surface area contributed by atoms with Crippen molar-refractivity contribution in [1.29, 1.82) is 0 Å². The fraction of sp³-hybridized carbons (Fsp3) is 0.722. The van der Waals surface area contributed by atoms with E-state index in [4.69, 9.17) is 9.15 Å². The van der Waals surface area contributed by atoms with E-state index in [0.717, 1.165) is 56.1 Å². The fourth-order valence-electron chi connectivity index (χ4n) is 4.00. The second-order valence-electron chi connectivity index (χ2n) is 7.25. The van der Waals surface area contributed by atoms with Gasteiger partial charge in [0.1, 0.15) is 5.76 Å². The van der Waals surface area contributed by atoms with Crippen molar-refractivity contribution in [2.24, 2.45) is 0 Å². The summed E-state index contributed by atoms with van der Waals surface area (Å²) in [5.74, 6) is 4.17. The summed E-state index contributed by atoms with van der Waals surface area (Å²) < 4.78 is 13.9. The van der Waals surface area contributed by atoms with E-state index >= 15 is 0 Å². The van der Waals surface area contributed by atoms with Gasteiger partial charge in [0.05, 0.1) is 24.5 Å². The molecule has 0 bridgehead atoms. The Balaban J connectivity index is 1.54. The normalized spacial score (nSPS) is 22.6. The molecule has 0 saturated carbocycles. The first-order chi connectivity index (χ1) is 12.7. The predicted molar refractivity (Wildman–Crippen MR) is 101 cm³/mol. The zero-order chi connectivity index (χ0) is 18.0. The Morgan fingerprint density at radius 1 is 1.38 bits per heavy atom. The summed E-state index contributed by atoms with van der Waals surface area (Å²) in [5.41, 5.74) is 1.18. The molecule has 2 aromatic heterocycles. The lowest BCUT2D eigenvalue weighted by atomic mass is 9.85. The molecule has 2 aliphatic rings. The number of hydrogen-bond donors (Lipinski definition) is 0. The van der Waals surface area contributed by atoms with Gasteiger partial charge in [0.2, 0.25) is 5.95 Å². The van der Waals surface area contributed by atoms with Crippen molar-refractivity contribution in [2.75, 3.05) is 29.6 Å². The number of aromatic nitrogens is 4. The Kier molecular flexibility index (Phi) is 5.22. The van der Waals surface area contributed by atoms with Gasteiger partial charge >= 0.3 is 0 Å². The number of thioether (sulfide) groups is 1. The molecule has 142 valence electrons. The fourth-order valence-corrected chi connectivity index (χ4v) is 5.24. The predicted octanol–water partition coefficient (Wildman–Crippen LogP) is 3.22. The lowest BCUT2D eigenvalue weighted by Crippen LogP contribution is -2.44. The molecule has 2 fully saturated rings. The van der Waals surface area contributed by atoms with E-state index in [1.54, 1.807) is 6.26 Å². The molecule has 2 aromatic rings. The first kappa shape index (κ1) is 17.9. The summed E-state index contributed by atoms with van der Waals surface area (Å²) in [5, 5.41) is 12.7. The highest BCUT2D eigenvalue weighted by atomic mass is 32.2. The highest BCUT2D eigenvalue weighted by Gasteiger charge is 2.40. The van der Waals surface area contributed by atoms with Gasteiger partial charge in [-0.05, 0) is 73.1 Å². The van der Waals surface area contributed by atoms with Crippen molar-refractivity contribution < 1.29 is 9.15 Å². The van der Waals surface area contributed by atoms with Crippen molar-refractivity contribution in [1.82, 2.24) is 20.2 Å². The first-order valence-electron chi connectivity index (χ1n) is 9.48. The van der Waals surface area contributed by atoms with Gasteiger partial charge in [-0.25, -0.2) is 4.68 Å². The molecule has 0 radical (unpaired) electrons. The highest BCUT2D eigenvalue weighted by molar-refractivity contribution is 7.99. The molecular formula is C18H27N5O2S. The van der Waals surface area contributed by atoms with Crippen LogP contribution < -0.4 is 4.90 Å². The van der Waals surface area contributed by atoms with Gasteiger partial charge in [0.15, 0.2) is 0 Å². The summed E-state index contributed by atoms with van der Waals surface area (Å²) in [6.45, 7) is 6.49. The Hall–Kier alpha value is -1.54. The molecule has 0 aliphatic carbocycles. The maximum Gasteiger partial charge on any atom is 0.246 e. The molecule has 4 rings (SSSR count). The largest absolute Gasteiger partial charge is 0.467 e. The van der Waals surface area contributed by atoms with Crippen molar-refractivity contribution in [2.45, 2.75) is 57.7 Å². The number of hydrogen-bond acceptors (Lipinski definition) is 7. The molecule has 0 aromatic carbocycles. The summed E-state index contributed by atoms with van der Waals surface area (Å²) in [4.78, 5) is 2.19. The smallest absolute Gasteiger partial charge is 0.246 e. The molecular weight excluding hydrogens is 350 g/mol. The summed E-state index contributed by atoms with van der Waals surface area (Å²) in [6, 6.07) is 2.29. The van der Waals surface area contributed by atoms with Crippen LogP contribution in [0, 0.1) is 6.92 Å². The van der Waals surface area contributed by atoms with Crippen LogP contribution in [-0.4, -0.2) is 50.5 Å². The standard InChI is InChI=1S/C18H27N5O2S/c1-3-22(13-16-14(2)4-8-24-16)17-19-20-21-23(17)15-5-9-25-18(12-15)6-10-26-11-7-18/h4,8,15H,3,5-7,9-13H2,1-2H3. The van der Waals surface area contributed by atoms with E-state index in [1.165, 1.54) is 11.5 Å². The van der Waals surface area contributed by atoms with Crippen LogP contribution in [0.4, 0.5) is 5.95 Å². The minimum atomic E-state index is 0.0199. The maximum atomic E-state index is 6.24. The van der Waals surface area contributed by atoms with Crippen LogP contribution >= 0.6 is 11.8 Å². The molecule has 4 heterocycles. The van der Waals surface area contributed by atoms with E-state index < -0.39 is 0 Å². The Labute approximate surface area is 158 Å². The number of tetrazole rings is 1. The number of furan rings is 1. The third-order valence-electron chi connectivity index (χ3n) is 5.66. The summed E-state index contributed by atoms with van der Waals surface area (Å²) >= 11 is 2.03. The zero-order valence-corrected chi connectivity index (χ0v) is 16.4. The average molecular weight is 378 g/mol. The lowest BCUT2D eigenvalue weighted by molar-refractivity contribution is -0.100. The number of rotatable bonds is 5. The molecule has 0 N–H and O–H groups in total. The second kappa shape index (κ2) is 7.60. The third kappa shape index (κ3) is 3.49. The number of anilines is 1. The molecule has 7 nitrogen and oxygen atoms in total. The van der Waals surface area contributed by atoms with Gasteiger partial charge in [-0.15, -0.1) is 0 Å². The molecule has 8 heteroatoms. The molecule has 2 aliphatic heterocycles. The van der Waals surface area contributed by atoms with E-state index in [0.29, 0.717) is 12.6 Å². The molecule has 26 heavy (non-hydrogen) atoms. The Bertz CT molecular complexity index is 719. The van der Waals surface area contributed by atoms with Crippen molar-refractivity contribution in [3.63, 3.8) is 0 Å². The van der Waals surface area contributed by atoms with Crippen LogP contribution in [-0.2, 0) is 11.3 Å². The molecule has 0 amide bonds. The zero-order valence-electron chi connectivity index (χ0n) is 15.6. The van der Waals surface area contributed by atoms with Crippen molar-refractivity contribution in [3.05, 3.63) is 23.7 Å². The van der Waals surface area contributed by atoms with Crippen LogP contribution in [0.1, 0.15) is 50.0 Å². The van der Waals surface area contributed by atoms with Crippen molar-refractivity contribution in [3.8, 4) is 0 Å². The third-order valence-corrected chi connectivity index (χ3v) is 6.65. The number of aryl methyl sites for hydroxylation is 1. The van der Waals surface area contributed by atoms with Gasteiger partial charge in [0, 0.05) is 13.2 Å². The monoisotopic (exact) mass is 377 g/mol.